The number of nitrogens with one attached hydrogen (secondary N) is 1. The fraction of sp³-hybridized carbons (Fsp3) is 0.0909. The van der Waals surface area contributed by atoms with Crippen LogP contribution in [0.25, 0.3) is 16.7 Å². The second kappa shape index (κ2) is 8.74. The van der Waals surface area contributed by atoms with Crippen LogP contribution in [0.2, 0.25) is 5.02 Å². The van der Waals surface area contributed by atoms with Crippen LogP contribution in [0.15, 0.2) is 59.7 Å². The molecule has 0 fully saturated rings. The van der Waals surface area contributed by atoms with Gasteiger partial charge in [-0.1, -0.05) is 23.7 Å². The van der Waals surface area contributed by atoms with Gasteiger partial charge in [0.1, 0.15) is 11.4 Å². The number of carbonyl (C=O) groups excluding carboxylic acids is 1. The highest BCUT2D eigenvalue weighted by molar-refractivity contribution is 6.30. The zero-order valence-electron chi connectivity index (χ0n) is 16.7. The number of aromatic nitrogens is 3. The average molecular weight is 453 g/mol. The van der Waals surface area contributed by atoms with Crippen LogP contribution in [0, 0.1) is 5.82 Å². The van der Waals surface area contributed by atoms with E-state index in [1.807, 2.05) is 24.3 Å². The lowest BCUT2D eigenvalue weighted by molar-refractivity contribution is 0.0999. The van der Waals surface area contributed by atoms with Crippen molar-refractivity contribution in [2.24, 2.45) is 11.5 Å². The summed E-state index contributed by atoms with van der Waals surface area (Å²) in [5.41, 5.74) is 12.5. The smallest absolute Gasteiger partial charge is 0.254 e. The van der Waals surface area contributed by atoms with Gasteiger partial charge in [0.05, 0.1) is 10.4 Å². The molecule has 0 saturated carbocycles. The van der Waals surface area contributed by atoms with E-state index in [4.69, 9.17) is 23.1 Å². The Morgan fingerprint density at radius 2 is 1.94 bits per heavy atom. The molecule has 0 aliphatic heterocycles. The van der Waals surface area contributed by atoms with Gasteiger partial charge in [0, 0.05) is 23.8 Å². The predicted octanol–water partition coefficient (Wildman–Crippen LogP) is 2.92. The number of nitrogens with two attached hydrogens (primary N) is 2. The molecule has 1 amide bonds. The molecule has 8 nitrogen and oxygen atoms in total. The molecule has 5 N–H and O–H groups in total. The summed E-state index contributed by atoms with van der Waals surface area (Å²) in [6.07, 6.45) is 3.33. The van der Waals surface area contributed by atoms with Gasteiger partial charge in [-0.25, -0.2) is 9.37 Å². The molecule has 10 heteroatoms. The molecular formula is C22H18ClFN6O2. The van der Waals surface area contributed by atoms with Crippen molar-refractivity contribution in [3.8, 4) is 5.69 Å². The Morgan fingerprint density at radius 3 is 2.59 bits per heavy atom. The summed E-state index contributed by atoms with van der Waals surface area (Å²) in [7, 11) is 0. The summed E-state index contributed by atoms with van der Waals surface area (Å²) < 4.78 is 15.1. The molecule has 0 atom stereocenters. The number of fused-ring (bicyclic) bond motifs is 1. The largest absolute Gasteiger partial charge is 0.365 e. The molecule has 0 aliphatic carbocycles. The van der Waals surface area contributed by atoms with Gasteiger partial charge < -0.3 is 21.4 Å². The highest BCUT2D eigenvalue weighted by Crippen LogP contribution is 2.23. The van der Waals surface area contributed by atoms with Crippen molar-refractivity contribution in [2.75, 3.05) is 11.9 Å². The molecule has 2 heterocycles. The number of primary amides is 1. The number of rotatable bonds is 6. The molecule has 0 spiro atoms. The van der Waals surface area contributed by atoms with Gasteiger partial charge in [-0.3, -0.25) is 9.59 Å². The summed E-state index contributed by atoms with van der Waals surface area (Å²) >= 11 is 5.93. The van der Waals surface area contributed by atoms with Crippen molar-refractivity contribution in [1.29, 1.82) is 0 Å². The van der Waals surface area contributed by atoms with Crippen molar-refractivity contribution in [3.05, 3.63) is 87.0 Å². The first-order chi connectivity index (χ1) is 15.4. The maximum atomic E-state index is 13.7. The molecule has 32 heavy (non-hydrogen) atoms. The van der Waals surface area contributed by atoms with Gasteiger partial charge in [-0.15, -0.1) is 0 Å². The minimum atomic E-state index is -0.904. The lowest BCUT2D eigenvalue weighted by atomic mass is 10.1. The molecule has 162 valence electrons. The lowest BCUT2D eigenvalue weighted by Crippen LogP contribution is -2.24. The quantitative estimate of drug-likeness (QED) is 0.412. The zero-order chi connectivity index (χ0) is 22.8. The third-order valence-corrected chi connectivity index (χ3v) is 5.12. The Kier molecular flexibility index (Phi) is 5.85. The van der Waals surface area contributed by atoms with Crippen LogP contribution in [0.1, 0.15) is 15.9 Å². The van der Waals surface area contributed by atoms with Crippen LogP contribution in [-0.4, -0.2) is 27.0 Å². The normalized spacial score (nSPS) is 11.0. The van der Waals surface area contributed by atoms with Gasteiger partial charge in [0.2, 0.25) is 11.4 Å². The summed E-state index contributed by atoms with van der Waals surface area (Å²) in [5, 5.41) is 3.02. The fourth-order valence-corrected chi connectivity index (χ4v) is 3.40. The van der Waals surface area contributed by atoms with E-state index < -0.39 is 17.2 Å². The average Bonchev–Trinajstić information content (AvgIpc) is 2.77. The third kappa shape index (κ3) is 4.16. The van der Waals surface area contributed by atoms with Crippen molar-refractivity contribution in [1.82, 2.24) is 14.5 Å². The SMILES string of the molecule is NCCc1ccc(Nc2ncc3c(=O)c(C(N)=O)cn(-c4ccc(F)c(Cl)c4)c3n2)cc1. The van der Waals surface area contributed by atoms with E-state index in [0.717, 1.165) is 17.7 Å². The molecule has 4 aromatic rings. The van der Waals surface area contributed by atoms with Gasteiger partial charge in [0.25, 0.3) is 5.91 Å². The number of anilines is 2. The monoisotopic (exact) mass is 452 g/mol. The molecule has 0 bridgehead atoms. The maximum Gasteiger partial charge on any atom is 0.254 e. The van der Waals surface area contributed by atoms with Crippen LogP contribution in [0.5, 0.6) is 0 Å². The van der Waals surface area contributed by atoms with Crippen LogP contribution in [-0.2, 0) is 6.42 Å². The van der Waals surface area contributed by atoms with E-state index >= 15 is 0 Å². The van der Waals surface area contributed by atoms with Crippen molar-refractivity contribution < 1.29 is 9.18 Å². The maximum absolute atomic E-state index is 13.7. The first kappa shape index (κ1) is 21.4. The van der Waals surface area contributed by atoms with Gasteiger partial charge >= 0.3 is 0 Å². The lowest BCUT2D eigenvalue weighted by Gasteiger charge is -2.13. The standard InChI is InChI=1S/C22H18ClFN6O2/c23-17-9-14(5-6-18(17)24)30-11-16(20(26)32)19(31)15-10-27-22(29-21(15)30)28-13-3-1-12(2-4-13)7-8-25/h1-6,9-11H,7-8,25H2,(H2,26,32)(H,27,28,29). The second-order valence-corrected chi connectivity index (χ2v) is 7.40. The second-order valence-electron chi connectivity index (χ2n) is 7.00. The topological polar surface area (TPSA) is 129 Å². The Labute approximate surface area is 186 Å². The zero-order valence-corrected chi connectivity index (χ0v) is 17.4. The summed E-state index contributed by atoms with van der Waals surface area (Å²) in [6, 6.07) is 11.6. The number of pyridine rings is 1. The Balaban J connectivity index is 1.85. The molecule has 4 rings (SSSR count). The van der Waals surface area contributed by atoms with E-state index in [9.17, 15) is 14.0 Å². The number of nitrogens with zero attached hydrogens (tertiary/aromatic N) is 3. The minimum Gasteiger partial charge on any atom is -0.365 e. The van der Waals surface area contributed by atoms with Crippen molar-refractivity contribution in [2.45, 2.75) is 6.42 Å². The number of carbonyl (C=O) groups is 1. The van der Waals surface area contributed by atoms with Gasteiger partial charge in [0.15, 0.2) is 5.65 Å². The fourth-order valence-electron chi connectivity index (χ4n) is 3.23. The van der Waals surface area contributed by atoms with Gasteiger partial charge in [-0.05, 0) is 48.9 Å². The number of hydrogen-bond acceptors (Lipinski definition) is 6. The summed E-state index contributed by atoms with van der Waals surface area (Å²) in [4.78, 5) is 33.2. The number of halogens is 2. The Hall–Kier alpha value is -3.82. The van der Waals surface area contributed by atoms with E-state index in [1.165, 1.54) is 35.2 Å². The molecular weight excluding hydrogens is 435 g/mol. The molecule has 0 radical (unpaired) electrons. The van der Waals surface area contributed by atoms with Crippen LogP contribution >= 0.6 is 11.6 Å². The Morgan fingerprint density at radius 1 is 1.19 bits per heavy atom. The van der Waals surface area contributed by atoms with E-state index in [2.05, 4.69) is 15.3 Å². The first-order valence-electron chi connectivity index (χ1n) is 9.61. The molecule has 0 unspecified atom stereocenters. The number of hydrogen-bond donors (Lipinski definition) is 3. The molecule has 0 aliphatic rings. The van der Waals surface area contributed by atoms with Crippen molar-refractivity contribution >= 4 is 40.2 Å². The van der Waals surface area contributed by atoms with Crippen molar-refractivity contribution in [3.63, 3.8) is 0 Å². The van der Waals surface area contributed by atoms with Crippen LogP contribution < -0.4 is 22.2 Å². The first-order valence-corrected chi connectivity index (χ1v) is 9.99. The molecule has 2 aromatic carbocycles. The van der Waals surface area contributed by atoms with Crippen LogP contribution in [0.4, 0.5) is 16.0 Å². The molecule has 0 saturated heterocycles. The summed E-state index contributed by atoms with van der Waals surface area (Å²) in [6.45, 7) is 0.554. The van der Waals surface area contributed by atoms with Crippen LogP contribution in [0.3, 0.4) is 0 Å². The van der Waals surface area contributed by atoms with Gasteiger partial charge in [-0.2, -0.15) is 4.98 Å². The highest BCUT2D eigenvalue weighted by Gasteiger charge is 2.17. The summed E-state index contributed by atoms with van der Waals surface area (Å²) in [5.74, 6) is -1.29. The number of benzene rings is 2. The van der Waals surface area contributed by atoms with E-state index in [1.54, 1.807) is 0 Å². The Bertz CT molecular complexity index is 1390. The van der Waals surface area contributed by atoms with E-state index in [-0.39, 0.29) is 27.6 Å². The highest BCUT2D eigenvalue weighted by atomic mass is 35.5. The molecule has 2 aromatic heterocycles. The third-order valence-electron chi connectivity index (χ3n) is 4.83. The predicted molar refractivity (Wildman–Crippen MR) is 121 cm³/mol. The van der Waals surface area contributed by atoms with E-state index in [0.29, 0.717) is 12.2 Å². The number of amides is 1. The minimum absolute atomic E-state index is 0.0746.